The first-order valence-electron chi connectivity index (χ1n) is 7.99. The number of hydrogen-bond acceptors (Lipinski definition) is 6. The molecule has 6 nitrogen and oxygen atoms in total. The molecule has 0 fully saturated rings. The predicted molar refractivity (Wildman–Crippen MR) is 99.1 cm³/mol. The molecular weight excluding hydrogens is 348 g/mol. The second kappa shape index (κ2) is 8.62. The van der Waals surface area contributed by atoms with Gasteiger partial charge >= 0.3 is 11.9 Å². The molecule has 0 aliphatic heterocycles. The lowest BCUT2D eigenvalue weighted by Gasteiger charge is -2.10. The van der Waals surface area contributed by atoms with Crippen molar-refractivity contribution in [2.45, 2.75) is 13.8 Å². The van der Waals surface area contributed by atoms with E-state index in [0.717, 1.165) is 0 Å². The van der Waals surface area contributed by atoms with Crippen molar-refractivity contribution in [1.82, 2.24) is 0 Å². The molecule has 0 atom stereocenters. The molecule has 27 heavy (non-hydrogen) atoms. The first-order chi connectivity index (χ1) is 12.8. The lowest BCUT2D eigenvalue weighted by Crippen LogP contribution is -2.11. The molecule has 2 aromatic rings. The average Bonchev–Trinajstić information content (AvgIpc) is 2.64. The molecule has 1 N–H and O–H groups in total. The molecule has 2 rings (SSSR count). The number of esters is 2. The Labute approximate surface area is 156 Å². The highest BCUT2D eigenvalue weighted by atomic mass is 16.5. The molecule has 2 aromatic carbocycles. The normalized spacial score (nSPS) is 10.8. The third-order valence-corrected chi connectivity index (χ3v) is 3.54. The van der Waals surface area contributed by atoms with Crippen LogP contribution in [0.2, 0.25) is 0 Å². The molecule has 0 saturated heterocycles. The van der Waals surface area contributed by atoms with E-state index in [1.807, 2.05) is 0 Å². The van der Waals surface area contributed by atoms with Gasteiger partial charge in [0.2, 0.25) is 0 Å². The second-order valence-corrected chi connectivity index (χ2v) is 5.63. The summed E-state index contributed by atoms with van der Waals surface area (Å²) in [4.78, 5) is 35.6. The van der Waals surface area contributed by atoms with Crippen molar-refractivity contribution < 1.29 is 29.0 Å². The Morgan fingerprint density at radius 2 is 1.70 bits per heavy atom. The third-order valence-electron chi connectivity index (χ3n) is 3.54. The summed E-state index contributed by atoms with van der Waals surface area (Å²) in [5, 5.41) is 9.90. The quantitative estimate of drug-likeness (QED) is 0.275. The smallest absolute Gasteiger partial charge is 0.343 e. The minimum atomic E-state index is -0.764. The Hall–Kier alpha value is -3.67. The Kier molecular flexibility index (Phi) is 6.27. The van der Waals surface area contributed by atoms with Crippen molar-refractivity contribution in [1.29, 1.82) is 0 Å². The fourth-order valence-electron chi connectivity index (χ4n) is 2.10. The van der Waals surface area contributed by atoms with Crippen molar-refractivity contribution in [2.24, 2.45) is 0 Å². The summed E-state index contributed by atoms with van der Waals surface area (Å²) in [5.41, 5.74) is 0.841. The summed E-state index contributed by atoms with van der Waals surface area (Å²) in [7, 11) is 0. The summed E-state index contributed by atoms with van der Waals surface area (Å²) < 4.78 is 10.3. The fraction of sp³-hybridized carbons (Fsp3) is 0.0952. The molecule has 0 radical (unpaired) electrons. The number of carbonyl (C=O) groups excluding carboxylic acids is 3. The maximum Gasteiger partial charge on any atom is 0.343 e. The molecule has 0 unspecified atom stereocenters. The highest BCUT2D eigenvalue weighted by Gasteiger charge is 2.15. The number of rotatable bonds is 6. The van der Waals surface area contributed by atoms with E-state index in [4.69, 9.17) is 9.47 Å². The van der Waals surface area contributed by atoms with Crippen LogP contribution < -0.4 is 9.47 Å². The summed E-state index contributed by atoms with van der Waals surface area (Å²) in [6.07, 6.45) is 2.95. The Morgan fingerprint density at radius 1 is 1.00 bits per heavy atom. The highest BCUT2D eigenvalue weighted by Crippen LogP contribution is 2.31. The number of allylic oxidation sites excluding steroid dienone is 2. The zero-order chi connectivity index (χ0) is 20.0. The highest BCUT2D eigenvalue weighted by molar-refractivity contribution is 5.98. The van der Waals surface area contributed by atoms with Gasteiger partial charge in [0.15, 0.2) is 17.3 Å². The number of ketones is 1. The predicted octanol–water partition coefficient (Wildman–Crippen LogP) is 3.85. The van der Waals surface area contributed by atoms with Crippen LogP contribution in [-0.4, -0.2) is 22.8 Å². The molecule has 138 valence electrons. The molecule has 0 aromatic heterocycles. The number of carbonyl (C=O) groups is 3. The Balaban J connectivity index is 2.21. The maximum atomic E-state index is 12.3. The lowest BCUT2D eigenvalue weighted by atomic mass is 10.1. The topological polar surface area (TPSA) is 89.9 Å². The van der Waals surface area contributed by atoms with Gasteiger partial charge in [-0.25, -0.2) is 9.59 Å². The van der Waals surface area contributed by atoms with Gasteiger partial charge in [-0.05, 0) is 38.1 Å². The van der Waals surface area contributed by atoms with E-state index in [-0.39, 0.29) is 28.6 Å². The molecule has 0 saturated carbocycles. The van der Waals surface area contributed by atoms with Crippen molar-refractivity contribution in [3.8, 4) is 17.2 Å². The summed E-state index contributed by atoms with van der Waals surface area (Å²) in [5.74, 6) is -1.95. The monoisotopic (exact) mass is 366 g/mol. The third kappa shape index (κ3) is 5.15. The van der Waals surface area contributed by atoms with Crippen molar-refractivity contribution in [2.75, 3.05) is 0 Å². The largest absolute Gasteiger partial charge is 0.504 e. The van der Waals surface area contributed by atoms with Gasteiger partial charge in [-0.1, -0.05) is 30.9 Å². The van der Waals surface area contributed by atoms with Crippen LogP contribution in [0, 0.1) is 0 Å². The zero-order valence-electron chi connectivity index (χ0n) is 14.9. The van der Waals surface area contributed by atoms with Crippen LogP contribution in [0.3, 0.4) is 0 Å². The van der Waals surface area contributed by atoms with Crippen LogP contribution in [0.15, 0.2) is 66.8 Å². The Morgan fingerprint density at radius 3 is 2.37 bits per heavy atom. The average molecular weight is 366 g/mol. The molecule has 0 amide bonds. The van der Waals surface area contributed by atoms with Crippen LogP contribution >= 0.6 is 0 Å². The second-order valence-electron chi connectivity index (χ2n) is 5.63. The van der Waals surface area contributed by atoms with Gasteiger partial charge in [-0.3, -0.25) is 4.79 Å². The zero-order valence-corrected chi connectivity index (χ0v) is 14.9. The summed E-state index contributed by atoms with van der Waals surface area (Å²) >= 11 is 0. The summed E-state index contributed by atoms with van der Waals surface area (Å²) in [6.45, 7) is 6.45. The van der Waals surface area contributed by atoms with Gasteiger partial charge in [0.25, 0.3) is 0 Å². The van der Waals surface area contributed by atoms with Crippen molar-refractivity contribution >= 4 is 17.7 Å². The van der Waals surface area contributed by atoms with Gasteiger partial charge in [-0.15, -0.1) is 0 Å². The van der Waals surface area contributed by atoms with Crippen molar-refractivity contribution in [3.05, 3.63) is 77.9 Å². The fourth-order valence-corrected chi connectivity index (χ4v) is 2.10. The molecule has 0 aliphatic rings. The molecule has 0 spiro atoms. The van der Waals surface area contributed by atoms with Gasteiger partial charge in [0, 0.05) is 17.2 Å². The van der Waals surface area contributed by atoms with Gasteiger partial charge in [0.1, 0.15) is 5.75 Å². The molecule has 0 bridgehead atoms. The van der Waals surface area contributed by atoms with Crippen LogP contribution in [0.25, 0.3) is 0 Å². The minimum absolute atomic E-state index is 0.0925. The molecule has 0 aliphatic carbocycles. The minimum Gasteiger partial charge on any atom is -0.504 e. The van der Waals surface area contributed by atoms with Gasteiger partial charge in [-0.2, -0.15) is 0 Å². The summed E-state index contributed by atoms with van der Waals surface area (Å²) in [6, 6.07) is 9.84. The SMILES string of the molecule is C=CC=C(C)C(=O)Oc1ccc(O)c(OC(=O)c2cccc(C(C)=O)c2)c1. The van der Waals surface area contributed by atoms with E-state index < -0.39 is 11.9 Å². The number of phenols is 1. The standard InChI is InChI=1S/C21H18O6/c1-4-6-13(2)20(24)26-17-9-10-18(23)19(12-17)27-21(25)16-8-5-7-15(11-16)14(3)22/h4-12,23H,1H2,2-3H3. The number of hydrogen-bond donors (Lipinski definition) is 1. The first kappa shape index (κ1) is 19.7. The van der Waals surface area contributed by atoms with Gasteiger partial charge < -0.3 is 14.6 Å². The molecular formula is C21H18O6. The van der Waals surface area contributed by atoms with E-state index in [1.54, 1.807) is 19.1 Å². The van der Waals surface area contributed by atoms with E-state index >= 15 is 0 Å². The van der Waals surface area contributed by atoms with Crippen LogP contribution in [0.4, 0.5) is 0 Å². The number of phenolic OH excluding ortho intramolecular Hbond substituents is 1. The van der Waals surface area contributed by atoms with E-state index in [9.17, 15) is 19.5 Å². The molecule has 6 heteroatoms. The van der Waals surface area contributed by atoms with E-state index in [2.05, 4.69) is 6.58 Å². The van der Waals surface area contributed by atoms with Crippen LogP contribution in [0.5, 0.6) is 17.2 Å². The number of ether oxygens (including phenoxy) is 2. The number of benzene rings is 2. The Bertz CT molecular complexity index is 939. The van der Waals surface area contributed by atoms with Crippen LogP contribution in [-0.2, 0) is 4.79 Å². The maximum absolute atomic E-state index is 12.3. The number of Topliss-reactive ketones (excluding diaryl/α,β-unsaturated/α-hetero) is 1. The lowest BCUT2D eigenvalue weighted by molar-refractivity contribution is -0.130. The molecule has 0 heterocycles. The van der Waals surface area contributed by atoms with E-state index in [0.29, 0.717) is 11.1 Å². The van der Waals surface area contributed by atoms with E-state index in [1.165, 1.54) is 49.4 Å². The van der Waals surface area contributed by atoms with Crippen molar-refractivity contribution in [3.63, 3.8) is 0 Å². The number of aromatic hydroxyl groups is 1. The van der Waals surface area contributed by atoms with Crippen LogP contribution in [0.1, 0.15) is 34.6 Å². The first-order valence-corrected chi connectivity index (χ1v) is 7.99. The van der Waals surface area contributed by atoms with Gasteiger partial charge in [0.05, 0.1) is 5.56 Å².